The van der Waals surface area contributed by atoms with Crippen LogP contribution in [0, 0.1) is 0 Å². The quantitative estimate of drug-likeness (QED) is 0.723. The number of hydrogen-bond donors (Lipinski definition) is 1. The van der Waals surface area contributed by atoms with Gasteiger partial charge in [0, 0.05) is 6.20 Å². The van der Waals surface area contributed by atoms with Gasteiger partial charge >= 0.3 is 6.18 Å². The van der Waals surface area contributed by atoms with Gasteiger partial charge in [-0.3, -0.25) is 4.79 Å². The molecule has 13 heavy (non-hydrogen) atoms. The van der Waals surface area contributed by atoms with E-state index in [0.717, 1.165) is 6.07 Å². The molecule has 0 saturated heterocycles. The molecule has 0 unspecified atom stereocenters. The zero-order chi connectivity index (χ0) is 10.1. The zero-order valence-electron chi connectivity index (χ0n) is 6.90. The van der Waals surface area contributed by atoms with Crippen LogP contribution in [-0.2, 0) is 12.6 Å². The highest BCUT2D eigenvalue weighted by Crippen LogP contribution is 2.26. The molecule has 0 saturated carbocycles. The van der Waals surface area contributed by atoms with Crippen molar-refractivity contribution in [3.05, 3.63) is 33.7 Å². The lowest BCUT2D eigenvalue weighted by molar-refractivity contribution is -0.138. The molecule has 1 aromatic rings. The fourth-order valence-electron chi connectivity index (χ4n) is 0.943. The molecule has 0 radical (unpaired) electrons. The van der Waals surface area contributed by atoms with Crippen LogP contribution in [0.1, 0.15) is 18.1 Å². The molecule has 1 N–H and O–H groups in total. The summed E-state index contributed by atoms with van der Waals surface area (Å²) in [4.78, 5) is 12.8. The molecule has 1 aromatic heterocycles. The molecule has 0 aliphatic rings. The van der Waals surface area contributed by atoms with Gasteiger partial charge in [0.25, 0.3) is 5.56 Å². The second-order valence-electron chi connectivity index (χ2n) is 2.60. The standard InChI is InChI=1S/C8H8F3NO/c1-2-5-3-6(8(9,10)11)7(13)12-4-5/h3-4H,2H2,1H3,(H,12,13). The Labute approximate surface area is 72.4 Å². The molecule has 1 rings (SSSR count). The largest absolute Gasteiger partial charge is 0.421 e. The smallest absolute Gasteiger partial charge is 0.328 e. The number of aromatic amines is 1. The van der Waals surface area contributed by atoms with Gasteiger partial charge in [-0.1, -0.05) is 6.92 Å². The van der Waals surface area contributed by atoms with Crippen LogP contribution in [0.25, 0.3) is 0 Å². The first kappa shape index (κ1) is 9.83. The molecule has 0 atom stereocenters. The Morgan fingerprint density at radius 3 is 2.54 bits per heavy atom. The number of alkyl halides is 3. The molecule has 2 nitrogen and oxygen atoms in total. The van der Waals surface area contributed by atoms with Crippen LogP contribution in [0.3, 0.4) is 0 Å². The maximum absolute atomic E-state index is 12.1. The van der Waals surface area contributed by atoms with Crippen molar-refractivity contribution >= 4 is 0 Å². The van der Waals surface area contributed by atoms with Gasteiger partial charge in [-0.05, 0) is 18.1 Å². The number of pyridine rings is 1. The monoisotopic (exact) mass is 191 g/mol. The van der Waals surface area contributed by atoms with Crippen molar-refractivity contribution in [1.82, 2.24) is 4.98 Å². The molecule has 0 aliphatic carbocycles. The molecule has 1 heterocycles. The third kappa shape index (κ3) is 2.11. The van der Waals surface area contributed by atoms with E-state index < -0.39 is 17.3 Å². The van der Waals surface area contributed by atoms with Gasteiger partial charge in [0.2, 0.25) is 0 Å². The van der Waals surface area contributed by atoms with Gasteiger partial charge in [0.1, 0.15) is 5.56 Å². The number of nitrogens with one attached hydrogen (secondary N) is 1. The zero-order valence-corrected chi connectivity index (χ0v) is 6.90. The minimum absolute atomic E-state index is 0.458. The maximum atomic E-state index is 12.1. The lowest BCUT2D eigenvalue weighted by atomic mass is 10.1. The Morgan fingerprint density at radius 2 is 2.08 bits per heavy atom. The molecule has 72 valence electrons. The number of aryl methyl sites for hydroxylation is 1. The minimum Gasteiger partial charge on any atom is -0.328 e. The molecular formula is C8H8F3NO. The van der Waals surface area contributed by atoms with E-state index >= 15 is 0 Å². The average Bonchev–Trinajstić information content (AvgIpc) is 2.03. The lowest BCUT2D eigenvalue weighted by Crippen LogP contribution is -2.21. The van der Waals surface area contributed by atoms with Crippen LogP contribution in [0.4, 0.5) is 13.2 Å². The SMILES string of the molecule is CCc1c[nH]c(=O)c(C(F)(F)F)c1. The lowest BCUT2D eigenvalue weighted by Gasteiger charge is -2.05. The first-order valence-electron chi connectivity index (χ1n) is 3.74. The van der Waals surface area contributed by atoms with Gasteiger partial charge in [-0.15, -0.1) is 0 Å². The van der Waals surface area contributed by atoms with Crippen molar-refractivity contribution in [3.8, 4) is 0 Å². The Hall–Kier alpha value is -1.26. The Kier molecular flexibility index (Phi) is 2.45. The minimum atomic E-state index is -4.57. The third-order valence-electron chi connectivity index (χ3n) is 1.68. The van der Waals surface area contributed by atoms with E-state index in [1.165, 1.54) is 6.20 Å². The van der Waals surface area contributed by atoms with Crippen molar-refractivity contribution in [3.63, 3.8) is 0 Å². The Balaban J connectivity index is 3.28. The average molecular weight is 191 g/mol. The number of H-pyrrole nitrogens is 1. The van der Waals surface area contributed by atoms with Crippen molar-refractivity contribution in [2.24, 2.45) is 0 Å². The van der Waals surface area contributed by atoms with Crippen LogP contribution < -0.4 is 5.56 Å². The van der Waals surface area contributed by atoms with E-state index in [1.807, 2.05) is 0 Å². The van der Waals surface area contributed by atoms with Gasteiger partial charge in [0.05, 0.1) is 0 Å². The summed E-state index contributed by atoms with van der Waals surface area (Å²) in [5.41, 5.74) is -1.76. The third-order valence-corrected chi connectivity index (χ3v) is 1.68. The predicted molar refractivity (Wildman–Crippen MR) is 41.4 cm³/mol. The first-order chi connectivity index (χ1) is 5.95. The van der Waals surface area contributed by atoms with Crippen LogP contribution in [0.5, 0.6) is 0 Å². The number of aromatic nitrogens is 1. The topological polar surface area (TPSA) is 32.9 Å². The highest BCUT2D eigenvalue weighted by molar-refractivity contribution is 5.20. The highest BCUT2D eigenvalue weighted by Gasteiger charge is 2.33. The van der Waals surface area contributed by atoms with Gasteiger partial charge in [-0.25, -0.2) is 0 Å². The first-order valence-corrected chi connectivity index (χ1v) is 3.74. The van der Waals surface area contributed by atoms with Crippen molar-refractivity contribution in [2.75, 3.05) is 0 Å². The summed E-state index contributed by atoms with van der Waals surface area (Å²) >= 11 is 0. The van der Waals surface area contributed by atoms with Crippen molar-refractivity contribution < 1.29 is 13.2 Å². The summed E-state index contributed by atoms with van der Waals surface area (Å²) in [5.74, 6) is 0. The summed E-state index contributed by atoms with van der Waals surface area (Å²) < 4.78 is 36.4. The van der Waals surface area contributed by atoms with Crippen LogP contribution in [-0.4, -0.2) is 4.98 Å². The summed E-state index contributed by atoms with van der Waals surface area (Å²) in [5, 5.41) is 0. The fourth-order valence-corrected chi connectivity index (χ4v) is 0.943. The van der Waals surface area contributed by atoms with E-state index in [0.29, 0.717) is 12.0 Å². The molecule has 0 aromatic carbocycles. The molecule has 0 bridgehead atoms. The summed E-state index contributed by atoms with van der Waals surface area (Å²) in [7, 11) is 0. The normalized spacial score (nSPS) is 11.7. The maximum Gasteiger partial charge on any atom is 0.421 e. The highest BCUT2D eigenvalue weighted by atomic mass is 19.4. The molecule has 0 fully saturated rings. The van der Waals surface area contributed by atoms with Crippen LogP contribution >= 0.6 is 0 Å². The van der Waals surface area contributed by atoms with Crippen molar-refractivity contribution in [1.29, 1.82) is 0 Å². The van der Waals surface area contributed by atoms with E-state index in [9.17, 15) is 18.0 Å². The Bertz CT molecular complexity index is 353. The number of rotatable bonds is 1. The van der Waals surface area contributed by atoms with Gasteiger partial charge in [-0.2, -0.15) is 13.2 Å². The van der Waals surface area contributed by atoms with E-state index in [1.54, 1.807) is 6.92 Å². The second kappa shape index (κ2) is 3.24. The van der Waals surface area contributed by atoms with Gasteiger partial charge in [0.15, 0.2) is 0 Å². The molecule has 0 aliphatic heterocycles. The van der Waals surface area contributed by atoms with Gasteiger partial charge < -0.3 is 4.98 Å². The van der Waals surface area contributed by atoms with Crippen LogP contribution in [0.15, 0.2) is 17.1 Å². The number of halogens is 3. The molecule has 0 spiro atoms. The van der Waals surface area contributed by atoms with E-state index in [2.05, 4.69) is 4.98 Å². The van der Waals surface area contributed by atoms with Crippen LogP contribution in [0.2, 0.25) is 0 Å². The summed E-state index contributed by atoms with van der Waals surface area (Å²) in [6, 6.07) is 0.874. The summed E-state index contributed by atoms with van der Waals surface area (Å²) in [6.07, 6.45) is -2.82. The van der Waals surface area contributed by atoms with Crippen molar-refractivity contribution in [2.45, 2.75) is 19.5 Å². The second-order valence-corrected chi connectivity index (χ2v) is 2.60. The van der Waals surface area contributed by atoms with E-state index in [4.69, 9.17) is 0 Å². The summed E-state index contributed by atoms with van der Waals surface area (Å²) in [6.45, 7) is 1.72. The Morgan fingerprint density at radius 1 is 1.46 bits per heavy atom. The number of hydrogen-bond acceptors (Lipinski definition) is 1. The molecular weight excluding hydrogens is 183 g/mol. The fraction of sp³-hybridized carbons (Fsp3) is 0.375. The molecule has 5 heteroatoms. The molecule has 0 amide bonds. The predicted octanol–water partition coefficient (Wildman–Crippen LogP) is 1.96. The van der Waals surface area contributed by atoms with E-state index in [-0.39, 0.29) is 0 Å².